The molecule has 3 nitrogen and oxygen atoms in total. The van der Waals surface area contributed by atoms with Crippen molar-refractivity contribution in [3.8, 4) is 0 Å². The molecule has 0 unspecified atom stereocenters. The third kappa shape index (κ3) is 2.73. The molecule has 3 aliphatic rings. The van der Waals surface area contributed by atoms with Crippen LogP contribution in [-0.4, -0.2) is 74.6 Å². The fourth-order valence-electron chi connectivity index (χ4n) is 4.11. The van der Waals surface area contributed by atoms with Gasteiger partial charge in [-0.3, -0.25) is 0 Å². The van der Waals surface area contributed by atoms with E-state index in [1.54, 1.807) is 0 Å². The van der Waals surface area contributed by atoms with Crippen molar-refractivity contribution in [3.05, 3.63) is 0 Å². The quantitative estimate of drug-likeness (QED) is 0.734. The minimum Gasteiger partial charge on any atom is -0.306 e. The van der Waals surface area contributed by atoms with Gasteiger partial charge in [-0.05, 0) is 77.3 Å². The molecule has 0 amide bonds. The summed E-state index contributed by atoms with van der Waals surface area (Å²) in [5, 5.41) is 0. The van der Waals surface area contributed by atoms with E-state index in [1.807, 2.05) is 0 Å². The van der Waals surface area contributed by atoms with Crippen LogP contribution in [0.25, 0.3) is 0 Å². The summed E-state index contributed by atoms with van der Waals surface area (Å²) in [6.45, 7) is 9.40. The smallest absolute Gasteiger partial charge is 0.00342 e. The zero-order valence-electron chi connectivity index (χ0n) is 12.2. The first kappa shape index (κ1) is 12.9. The number of hydrogen-bond donors (Lipinski definition) is 0. The molecule has 3 aliphatic heterocycles. The molecule has 0 saturated carbocycles. The first-order valence-corrected chi connectivity index (χ1v) is 7.75. The molecule has 0 bridgehead atoms. The first-order valence-electron chi connectivity index (χ1n) is 7.75. The fraction of sp³-hybridized carbons (Fsp3) is 1.00. The maximum atomic E-state index is 2.74. The minimum absolute atomic E-state index is 0.722. The molecule has 104 valence electrons. The highest BCUT2D eigenvalue weighted by Gasteiger charge is 2.37. The van der Waals surface area contributed by atoms with Crippen molar-refractivity contribution in [1.82, 2.24) is 14.7 Å². The summed E-state index contributed by atoms with van der Waals surface area (Å²) in [5.41, 5.74) is 0.722. The van der Waals surface area contributed by atoms with Crippen molar-refractivity contribution in [2.45, 2.75) is 25.7 Å². The molecule has 1 spiro atoms. The molecule has 0 aromatic rings. The van der Waals surface area contributed by atoms with E-state index in [0.29, 0.717) is 0 Å². The average molecular weight is 251 g/mol. The van der Waals surface area contributed by atoms with Gasteiger partial charge in [0, 0.05) is 19.6 Å². The maximum absolute atomic E-state index is 2.74. The molecule has 3 fully saturated rings. The van der Waals surface area contributed by atoms with E-state index >= 15 is 0 Å². The second kappa shape index (κ2) is 5.10. The maximum Gasteiger partial charge on any atom is 0.00342 e. The highest BCUT2D eigenvalue weighted by atomic mass is 15.2. The Kier molecular flexibility index (Phi) is 3.65. The Balaban J connectivity index is 1.43. The second-order valence-corrected chi connectivity index (χ2v) is 7.19. The van der Waals surface area contributed by atoms with Crippen LogP contribution >= 0.6 is 0 Å². The van der Waals surface area contributed by atoms with Gasteiger partial charge in [-0.1, -0.05) is 0 Å². The standard InChI is InChI=1S/C15H29N3/c1-16-7-3-15(4-8-16)5-9-18(10-6-15)13-14-11-17(2)12-14/h14H,3-13H2,1-2H3. The Bertz CT molecular complexity index is 267. The molecule has 0 aromatic carbocycles. The normalized spacial score (nSPS) is 31.7. The molecule has 0 atom stereocenters. The fourth-order valence-corrected chi connectivity index (χ4v) is 4.11. The summed E-state index contributed by atoms with van der Waals surface area (Å²) in [5.74, 6) is 0.960. The van der Waals surface area contributed by atoms with Crippen molar-refractivity contribution in [3.63, 3.8) is 0 Å². The van der Waals surface area contributed by atoms with Crippen LogP contribution < -0.4 is 0 Å². The average Bonchev–Trinajstić information content (AvgIpc) is 2.34. The van der Waals surface area contributed by atoms with Crippen LogP contribution in [0.3, 0.4) is 0 Å². The molecular weight excluding hydrogens is 222 g/mol. The molecule has 0 aliphatic carbocycles. The second-order valence-electron chi connectivity index (χ2n) is 7.19. The lowest BCUT2D eigenvalue weighted by molar-refractivity contribution is 0.0201. The van der Waals surface area contributed by atoms with Crippen molar-refractivity contribution < 1.29 is 0 Å². The molecule has 3 heterocycles. The highest BCUT2D eigenvalue weighted by molar-refractivity contribution is 4.91. The number of nitrogens with zero attached hydrogens (tertiary/aromatic N) is 3. The number of likely N-dealkylation sites (tertiary alicyclic amines) is 3. The number of hydrogen-bond acceptors (Lipinski definition) is 3. The topological polar surface area (TPSA) is 9.72 Å². The van der Waals surface area contributed by atoms with E-state index < -0.39 is 0 Å². The Morgan fingerprint density at radius 3 is 1.94 bits per heavy atom. The Labute approximate surface area is 112 Å². The van der Waals surface area contributed by atoms with E-state index in [4.69, 9.17) is 0 Å². The molecule has 0 radical (unpaired) electrons. The van der Waals surface area contributed by atoms with Crippen LogP contribution in [0.15, 0.2) is 0 Å². The molecule has 0 aromatic heterocycles. The van der Waals surface area contributed by atoms with Crippen LogP contribution in [0, 0.1) is 11.3 Å². The summed E-state index contributed by atoms with van der Waals surface area (Å²) in [7, 11) is 4.51. The molecule has 18 heavy (non-hydrogen) atoms. The van der Waals surface area contributed by atoms with Gasteiger partial charge in [-0.25, -0.2) is 0 Å². The highest BCUT2D eigenvalue weighted by Crippen LogP contribution is 2.41. The SMILES string of the molecule is CN1CCC2(CC1)CCN(CC1CN(C)C1)CC2. The summed E-state index contributed by atoms with van der Waals surface area (Å²) in [6, 6.07) is 0. The Hall–Kier alpha value is -0.120. The van der Waals surface area contributed by atoms with Gasteiger partial charge in [0.15, 0.2) is 0 Å². The van der Waals surface area contributed by atoms with E-state index in [9.17, 15) is 0 Å². The van der Waals surface area contributed by atoms with E-state index in [1.165, 1.54) is 71.5 Å². The molecule has 0 N–H and O–H groups in total. The predicted octanol–water partition coefficient (Wildman–Crippen LogP) is 1.36. The predicted molar refractivity (Wildman–Crippen MR) is 75.8 cm³/mol. The lowest BCUT2D eigenvalue weighted by Crippen LogP contribution is -2.52. The lowest BCUT2D eigenvalue weighted by Gasteiger charge is -2.48. The van der Waals surface area contributed by atoms with Gasteiger partial charge < -0.3 is 14.7 Å². The molecule has 3 saturated heterocycles. The van der Waals surface area contributed by atoms with Gasteiger partial charge in [-0.2, -0.15) is 0 Å². The van der Waals surface area contributed by atoms with Gasteiger partial charge >= 0.3 is 0 Å². The summed E-state index contributed by atoms with van der Waals surface area (Å²) >= 11 is 0. The summed E-state index contributed by atoms with van der Waals surface area (Å²) in [6.07, 6.45) is 5.82. The molecular formula is C15H29N3. The number of piperidine rings is 2. The van der Waals surface area contributed by atoms with Crippen LogP contribution in [0.1, 0.15) is 25.7 Å². The zero-order valence-corrected chi connectivity index (χ0v) is 12.2. The summed E-state index contributed by atoms with van der Waals surface area (Å²) in [4.78, 5) is 7.68. The van der Waals surface area contributed by atoms with Gasteiger partial charge in [0.25, 0.3) is 0 Å². The number of rotatable bonds is 2. The Morgan fingerprint density at radius 2 is 1.39 bits per heavy atom. The van der Waals surface area contributed by atoms with Crippen LogP contribution in [-0.2, 0) is 0 Å². The van der Waals surface area contributed by atoms with Crippen LogP contribution in [0.2, 0.25) is 0 Å². The van der Waals surface area contributed by atoms with E-state index in [0.717, 1.165) is 11.3 Å². The van der Waals surface area contributed by atoms with Gasteiger partial charge in [-0.15, -0.1) is 0 Å². The minimum atomic E-state index is 0.722. The van der Waals surface area contributed by atoms with Crippen molar-refractivity contribution >= 4 is 0 Å². The van der Waals surface area contributed by atoms with Gasteiger partial charge in [0.05, 0.1) is 0 Å². The zero-order chi connectivity index (χ0) is 12.6. The summed E-state index contributed by atoms with van der Waals surface area (Å²) < 4.78 is 0. The van der Waals surface area contributed by atoms with Gasteiger partial charge in [0.1, 0.15) is 0 Å². The molecule has 3 heteroatoms. The first-order chi connectivity index (χ1) is 8.65. The van der Waals surface area contributed by atoms with Crippen molar-refractivity contribution in [2.75, 3.05) is 59.9 Å². The third-order valence-electron chi connectivity index (χ3n) is 5.62. The van der Waals surface area contributed by atoms with Crippen molar-refractivity contribution in [2.24, 2.45) is 11.3 Å². The third-order valence-corrected chi connectivity index (χ3v) is 5.62. The van der Waals surface area contributed by atoms with Crippen LogP contribution in [0.5, 0.6) is 0 Å². The van der Waals surface area contributed by atoms with Crippen molar-refractivity contribution in [1.29, 1.82) is 0 Å². The molecule has 3 rings (SSSR count). The Morgan fingerprint density at radius 1 is 0.833 bits per heavy atom. The van der Waals surface area contributed by atoms with E-state index in [-0.39, 0.29) is 0 Å². The van der Waals surface area contributed by atoms with Crippen LogP contribution in [0.4, 0.5) is 0 Å². The van der Waals surface area contributed by atoms with Gasteiger partial charge in [0.2, 0.25) is 0 Å². The monoisotopic (exact) mass is 251 g/mol. The largest absolute Gasteiger partial charge is 0.306 e. The lowest BCUT2D eigenvalue weighted by atomic mass is 9.71. The van der Waals surface area contributed by atoms with E-state index in [2.05, 4.69) is 28.8 Å².